The lowest BCUT2D eigenvalue weighted by atomic mass is 10.1. The summed E-state index contributed by atoms with van der Waals surface area (Å²) < 4.78 is 12.8. The van der Waals surface area contributed by atoms with E-state index < -0.39 is 11.8 Å². The summed E-state index contributed by atoms with van der Waals surface area (Å²) in [6.07, 6.45) is 0. The molecule has 2 N–H and O–H groups in total. The van der Waals surface area contributed by atoms with Crippen molar-refractivity contribution in [3.05, 3.63) is 40.8 Å². The smallest absolute Gasteiger partial charge is 0.356 e. The van der Waals surface area contributed by atoms with Crippen molar-refractivity contribution in [1.82, 2.24) is 4.98 Å². The Bertz CT molecular complexity index is 550. The number of hydrogen-bond acceptors (Lipinski definition) is 4. The molecule has 2 rings (SSSR count). The lowest BCUT2D eigenvalue weighted by Crippen LogP contribution is -1.99. The lowest BCUT2D eigenvalue weighted by Gasteiger charge is -1.98. The number of aliphatic hydroxyl groups is 1. The molecule has 0 aliphatic heterocycles. The molecule has 4 nitrogen and oxygen atoms in total. The Morgan fingerprint density at radius 3 is 2.53 bits per heavy atom. The van der Waals surface area contributed by atoms with Gasteiger partial charge in [0.25, 0.3) is 0 Å². The number of carboxylic acid groups (broad SMARTS) is 1. The average molecular weight is 253 g/mol. The number of carbonyl (C=O) groups is 1. The van der Waals surface area contributed by atoms with Gasteiger partial charge in [-0.05, 0) is 17.7 Å². The first-order chi connectivity index (χ1) is 8.11. The minimum absolute atomic E-state index is 0.120. The molecule has 0 atom stereocenters. The van der Waals surface area contributed by atoms with Crippen LogP contribution in [0.4, 0.5) is 4.39 Å². The fraction of sp³-hybridized carbons (Fsp3) is 0.0909. The number of benzene rings is 1. The minimum atomic E-state index is -1.17. The zero-order chi connectivity index (χ0) is 12.4. The zero-order valence-electron chi connectivity index (χ0n) is 8.55. The number of carboxylic acids is 1. The number of aliphatic hydroxyl groups excluding tert-OH is 1. The van der Waals surface area contributed by atoms with Gasteiger partial charge in [-0.3, -0.25) is 0 Å². The van der Waals surface area contributed by atoms with Gasteiger partial charge in [-0.25, -0.2) is 14.2 Å². The maximum absolute atomic E-state index is 12.8. The standard InChI is InChI=1S/C11H8FNO3S/c12-7-3-1-6(2-4-7)10-9(11(15)16)13-8(5-14)17-10/h1-4,14H,5H2,(H,15,16). The molecule has 0 aliphatic rings. The predicted octanol–water partition coefficient (Wildman–Crippen LogP) is 2.14. The van der Waals surface area contributed by atoms with Crippen LogP contribution >= 0.6 is 11.3 Å². The lowest BCUT2D eigenvalue weighted by molar-refractivity contribution is 0.0692. The first kappa shape index (κ1) is 11.7. The molecule has 88 valence electrons. The summed E-state index contributed by atoms with van der Waals surface area (Å²) in [4.78, 5) is 15.2. The molecule has 0 bridgehead atoms. The van der Waals surface area contributed by atoms with Crippen molar-refractivity contribution in [3.8, 4) is 10.4 Å². The number of halogens is 1. The highest BCUT2D eigenvalue weighted by molar-refractivity contribution is 7.15. The van der Waals surface area contributed by atoms with Crippen molar-refractivity contribution >= 4 is 17.3 Å². The third-order valence-electron chi connectivity index (χ3n) is 2.12. The molecule has 0 spiro atoms. The first-order valence-electron chi connectivity index (χ1n) is 4.71. The molecular formula is C11H8FNO3S. The van der Waals surface area contributed by atoms with Gasteiger partial charge in [-0.15, -0.1) is 11.3 Å². The molecule has 1 aromatic carbocycles. The topological polar surface area (TPSA) is 70.4 Å². The van der Waals surface area contributed by atoms with Crippen molar-refractivity contribution in [3.63, 3.8) is 0 Å². The van der Waals surface area contributed by atoms with Gasteiger partial charge in [0.15, 0.2) is 5.69 Å². The monoisotopic (exact) mass is 253 g/mol. The van der Waals surface area contributed by atoms with Gasteiger partial charge in [-0.2, -0.15) is 0 Å². The van der Waals surface area contributed by atoms with E-state index in [0.29, 0.717) is 15.4 Å². The van der Waals surface area contributed by atoms with Crippen molar-refractivity contribution in [2.45, 2.75) is 6.61 Å². The Morgan fingerprint density at radius 1 is 1.35 bits per heavy atom. The fourth-order valence-corrected chi connectivity index (χ4v) is 2.29. The van der Waals surface area contributed by atoms with Crippen LogP contribution in [0.1, 0.15) is 15.5 Å². The number of aromatic nitrogens is 1. The van der Waals surface area contributed by atoms with Crippen LogP contribution in [-0.4, -0.2) is 21.2 Å². The normalized spacial score (nSPS) is 10.5. The van der Waals surface area contributed by atoms with E-state index in [4.69, 9.17) is 10.2 Å². The Labute approximate surface area is 100.0 Å². The third kappa shape index (κ3) is 2.32. The largest absolute Gasteiger partial charge is 0.476 e. The van der Waals surface area contributed by atoms with Crippen LogP contribution in [0, 0.1) is 5.82 Å². The van der Waals surface area contributed by atoms with E-state index in [0.717, 1.165) is 11.3 Å². The van der Waals surface area contributed by atoms with Crippen molar-refractivity contribution in [2.75, 3.05) is 0 Å². The van der Waals surface area contributed by atoms with Crippen LogP contribution in [0.5, 0.6) is 0 Å². The summed E-state index contributed by atoms with van der Waals surface area (Å²) in [7, 11) is 0. The molecule has 0 fully saturated rings. The molecule has 1 heterocycles. The Morgan fingerprint density at radius 2 is 2.00 bits per heavy atom. The predicted molar refractivity (Wildman–Crippen MR) is 60.4 cm³/mol. The van der Waals surface area contributed by atoms with Crippen LogP contribution in [-0.2, 0) is 6.61 Å². The summed E-state index contributed by atoms with van der Waals surface area (Å²) in [5, 5.41) is 18.2. The summed E-state index contributed by atoms with van der Waals surface area (Å²) in [6, 6.07) is 5.46. The SMILES string of the molecule is O=C(O)c1nc(CO)sc1-c1ccc(F)cc1. The minimum Gasteiger partial charge on any atom is -0.476 e. The third-order valence-corrected chi connectivity index (χ3v) is 3.20. The Hall–Kier alpha value is -1.79. The van der Waals surface area contributed by atoms with Crippen molar-refractivity contribution in [2.24, 2.45) is 0 Å². The Kier molecular flexibility index (Phi) is 3.16. The quantitative estimate of drug-likeness (QED) is 0.879. The zero-order valence-corrected chi connectivity index (χ0v) is 9.37. The second kappa shape index (κ2) is 4.60. The number of rotatable bonds is 3. The van der Waals surface area contributed by atoms with Gasteiger partial charge in [0.05, 0.1) is 11.5 Å². The molecule has 17 heavy (non-hydrogen) atoms. The van der Waals surface area contributed by atoms with E-state index in [2.05, 4.69) is 4.98 Å². The summed E-state index contributed by atoms with van der Waals surface area (Å²) in [5.41, 5.74) is 0.451. The molecule has 6 heteroatoms. The molecule has 1 aromatic heterocycles. The molecule has 2 aromatic rings. The molecule has 0 saturated heterocycles. The van der Waals surface area contributed by atoms with Crippen LogP contribution in [0.25, 0.3) is 10.4 Å². The second-order valence-corrected chi connectivity index (χ2v) is 4.34. The summed E-state index contributed by atoms with van der Waals surface area (Å²) >= 11 is 1.08. The van der Waals surface area contributed by atoms with Gasteiger partial charge >= 0.3 is 5.97 Å². The van der Waals surface area contributed by atoms with E-state index in [1.807, 2.05) is 0 Å². The number of hydrogen-bond donors (Lipinski definition) is 2. The van der Waals surface area contributed by atoms with E-state index in [1.165, 1.54) is 24.3 Å². The average Bonchev–Trinajstić information content (AvgIpc) is 2.74. The molecule has 0 unspecified atom stereocenters. The Balaban J connectivity index is 2.53. The molecule has 0 aliphatic carbocycles. The molecule has 0 amide bonds. The van der Waals surface area contributed by atoms with Crippen LogP contribution < -0.4 is 0 Å². The molecule has 0 radical (unpaired) electrons. The highest BCUT2D eigenvalue weighted by Crippen LogP contribution is 2.30. The second-order valence-electron chi connectivity index (χ2n) is 3.26. The van der Waals surface area contributed by atoms with Gasteiger partial charge in [0, 0.05) is 0 Å². The summed E-state index contributed by atoms with van der Waals surface area (Å²) in [5.74, 6) is -1.56. The first-order valence-corrected chi connectivity index (χ1v) is 5.53. The van der Waals surface area contributed by atoms with Gasteiger partial charge in [-0.1, -0.05) is 12.1 Å². The van der Waals surface area contributed by atoms with Crippen LogP contribution in [0.2, 0.25) is 0 Å². The van der Waals surface area contributed by atoms with Crippen LogP contribution in [0.3, 0.4) is 0 Å². The van der Waals surface area contributed by atoms with E-state index in [1.54, 1.807) is 0 Å². The maximum atomic E-state index is 12.8. The maximum Gasteiger partial charge on any atom is 0.356 e. The molecular weight excluding hydrogens is 245 g/mol. The van der Waals surface area contributed by atoms with Gasteiger partial charge in [0.2, 0.25) is 0 Å². The van der Waals surface area contributed by atoms with Gasteiger partial charge < -0.3 is 10.2 Å². The fourth-order valence-electron chi connectivity index (χ4n) is 1.37. The number of nitrogens with zero attached hydrogens (tertiary/aromatic N) is 1. The van der Waals surface area contributed by atoms with E-state index in [-0.39, 0.29) is 12.3 Å². The number of aromatic carboxylic acids is 1. The molecule has 0 saturated carbocycles. The highest BCUT2D eigenvalue weighted by atomic mass is 32.1. The van der Waals surface area contributed by atoms with Gasteiger partial charge in [0.1, 0.15) is 10.8 Å². The number of thiazole rings is 1. The van der Waals surface area contributed by atoms with Crippen LogP contribution in [0.15, 0.2) is 24.3 Å². The van der Waals surface area contributed by atoms with E-state index in [9.17, 15) is 9.18 Å². The highest BCUT2D eigenvalue weighted by Gasteiger charge is 2.18. The van der Waals surface area contributed by atoms with Crippen molar-refractivity contribution in [1.29, 1.82) is 0 Å². The summed E-state index contributed by atoms with van der Waals surface area (Å²) in [6.45, 7) is -0.313. The van der Waals surface area contributed by atoms with Crippen molar-refractivity contribution < 1.29 is 19.4 Å². The van der Waals surface area contributed by atoms with E-state index >= 15 is 0 Å².